The molecule has 0 fully saturated rings. The van der Waals surface area contributed by atoms with Gasteiger partial charge in [-0.15, -0.1) is 6.42 Å². The topological polar surface area (TPSA) is 52.8 Å². The number of carbonyl (C=O) groups is 1. The van der Waals surface area contributed by atoms with Crippen LogP contribution in [0.25, 0.3) is 10.2 Å². The molecule has 1 amide bonds. The van der Waals surface area contributed by atoms with Crippen molar-refractivity contribution in [2.24, 2.45) is 4.99 Å². The van der Waals surface area contributed by atoms with Gasteiger partial charge in [0, 0.05) is 0 Å². The molecule has 0 aliphatic heterocycles. The first-order valence-electron chi connectivity index (χ1n) is 8.03. The van der Waals surface area contributed by atoms with E-state index in [1.54, 1.807) is 18.2 Å². The van der Waals surface area contributed by atoms with Crippen molar-refractivity contribution in [3.05, 3.63) is 51.3 Å². The summed E-state index contributed by atoms with van der Waals surface area (Å²) in [5, 5.41) is 0.597. The van der Waals surface area contributed by atoms with E-state index in [1.165, 1.54) is 25.6 Å². The number of ether oxygens (including phenoxy) is 2. The fourth-order valence-corrected chi connectivity index (χ4v) is 4.22. The van der Waals surface area contributed by atoms with Crippen LogP contribution in [0.15, 0.2) is 35.3 Å². The van der Waals surface area contributed by atoms with Crippen LogP contribution in [-0.4, -0.2) is 24.7 Å². The van der Waals surface area contributed by atoms with Crippen LogP contribution in [0, 0.1) is 19.3 Å². The molecule has 3 rings (SSSR count). The molecule has 7 heteroatoms. The highest BCUT2D eigenvalue weighted by Gasteiger charge is 2.17. The summed E-state index contributed by atoms with van der Waals surface area (Å²) in [6.07, 6.45) is 5.53. The number of halogens is 1. The zero-order chi connectivity index (χ0) is 19.6. The van der Waals surface area contributed by atoms with E-state index in [9.17, 15) is 4.79 Å². The minimum atomic E-state index is -0.447. The molecule has 27 heavy (non-hydrogen) atoms. The Bertz CT molecular complexity index is 1140. The molecule has 138 valence electrons. The van der Waals surface area contributed by atoms with Gasteiger partial charge in [0.25, 0.3) is 5.91 Å². The van der Waals surface area contributed by atoms with Crippen LogP contribution >= 0.6 is 22.9 Å². The normalized spacial score (nSPS) is 11.4. The lowest BCUT2D eigenvalue weighted by Gasteiger charge is -2.10. The third-order valence-corrected chi connectivity index (χ3v) is 5.60. The number of thiazole rings is 1. The van der Waals surface area contributed by atoms with Gasteiger partial charge < -0.3 is 14.0 Å². The summed E-state index contributed by atoms with van der Waals surface area (Å²) in [5.74, 6) is 2.97. The average molecular weight is 401 g/mol. The second kappa shape index (κ2) is 7.87. The summed E-state index contributed by atoms with van der Waals surface area (Å²) in [7, 11) is 3.00. The van der Waals surface area contributed by atoms with Gasteiger partial charge in [0.1, 0.15) is 0 Å². The largest absolute Gasteiger partial charge is 0.493 e. The van der Waals surface area contributed by atoms with Crippen LogP contribution in [0.1, 0.15) is 15.9 Å². The number of aryl methyl sites for hydroxylation is 1. The molecule has 0 unspecified atom stereocenters. The number of nitrogens with zero attached hydrogens (tertiary/aromatic N) is 2. The number of aromatic nitrogens is 1. The van der Waals surface area contributed by atoms with Crippen LogP contribution in [0.2, 0.25) is 5.02 Å². The van der Waals surface area contributed by atoms with Crippen LogP contribution < -0.4 is 14.3 Å². The smallest absolute Gasteiger partial charge is 0.283 e. The van der Waals surface area contributed by atoms with Gasteiger partial charge in [0.15, 0.2) is 16.3 Å². The summed E-state index contributed by atoms with van der Waals surface area (Å²) in [6, 6.07) is 8.82. The number of benzene rings is 2. The minimum absolute atomic E-state index is 0.280. The van der Waals surface area contributed by atoms with Crippen molar-refractivity contribution in [1.82, 2.24) is 4.57 Å². The summed E-state index contributed by atoms with van der Waals surface area (Å²) in [4.78, 5) is 17.7. The van der Waals surface area contributed by atoms with Gasteiger partial charge in [-0.05, 0) is 30.7 Å². The standard InChI is InChI=1S/C20H17ClN2O3S/c1-5-11-23-16-12(2)9-10-14(21)18(16)27-20(23)22-19(24)13-7-6-8-15(25-3)17(13)26-4/h1,6-10H,11H2,2-4H3. The summed E-state index contributed by atoms with van der Waals surface area (Å²) in [6.45, 7) is 2.25. The Morgan fingerprint density at radius 1 is 1.30 bits per heavy atom. The molecule has 1 heterocycles. The number of para-hydroxylation sites is 1. The molecule has 3 aromatic rings. The highest BCUT2D eigenvalue weighted by atomic mass is 35.5. The predicted octanol–water partition coefficient (Wildman–Crippen LogP) is 4.06. The molecular formula is C20H17ClN2O3S. The van der Waals surface area contributed by atoms with E-state index in [0.717, 1.165) is 15.8 Å². The van der Waals surface area contributed by atoms with Crippen molar-refractivity contribution >= 4 is 39.1 Å². The van der Waals surface area contributed by atoms with Gasteiger partial charge in [0.05, 0.1) is 41.6 Å². The second-order valence-electron chi connectivity index (χ2n) is 5.67. The first kappa shape index (κ1) is 19.0. The Kier molecular flexibility index (Phi) is 5.54. The van der Waals surface area contributed by atoms with Gasteiger partial charge in [-0.1, -0.05) is 41.0 Å². The minimum Gasteiger partial charge on any atom is -0.493 e. The van der Waals surface area contributed by atoms with Crippen molar-refractivity contribution in [2.75, 3.05) is 14.2 Å². The molecule has 0 aliphatic carbocycles. The third-order valence-electron chi connectivity index (χ3n) is 4.06. The number of amides is 1. The van der Waals surface area contributed by atoms with Crippen molar-refractivity contribution < 1.29 is 14.3 Å². The highest BCUT2D eigenvalue weighted by Crippen LogP contribution is 2.32. The quantitative estimate of drug-likeness (QED) is 0.620. The number of carbonyl (C=O) groups excluding carboxylic acids is 1. The van der Waals surface area contributed by atoms with Crippen molar-refractivity contribution in [1.29, 1.82) is 0 Å². The van der Waals surface area contributed by atoms with E-state index in [4.69, 9.17) is 27.5 Å². The Hall–Kier alpha value is -2.75. The van der Waals surface area contributed by atoms with Crippen LogP contribution in [0.4, 0.5) is 0 Å². The van der Waals surface area contributed by atoms with E-state index in [1.807, 2.05) is 23.6 Å². The maximum atomic E-state index is 12.9. The molecule has 2 aromatic carbocycles. The summed E-state index contributed by atoms with van der Waals surface area (Å²) >= 11 is 7.66. The number of hydrogen-bond acceptors (Lipinski definition) is 4. The Morgan fingerprint density at radius 3 is 2.74 bits per heavy atom. The lowest BCUT2D eigenvalue weighted by Crippen LogP contribution is -2.17. The molecule has 0 atom stereocenters. The van der Waals surface area contributed by atoms with Crippen LogP contribution in [0.3, 0.4) is 0 Å². The highest BCUT2D eigenvalue weighted by molar-refractivity contribution is 7.17. The van der Waals surface area contributed by atoms with E-state index in [2.05, 4.69) is 10.9 Å². The molecule has 1 aromatic heterocycles. The van der Waals surface area contributed by atoms with E-state index >= 15 is 0 Å². The first-order chi connectivity index (χ1) is 13.0. The number of hydrogen-bond donors (Lipinski definition) is 0. The van der Waals surface area contributed by atoms with Gasteiger partial charge in [0.2, 0.25) is 0 Å². The SMILES string of the molecule is C#CCn1c(=NC(=O)c2cccc(OC)c2OC)sc2c(Cl)ccc(C)c21. The zero-order valence-electron chi connectivity index (χ0n) is 15.1. The molecular weight excluding hydrogens is 384 g/mol. The van der Waals surface area contributed by atoms with Gasteiger partial charge in [-0.3, -0.25) is 4.79 Å². The molecule has 0 saturated carbocycles. The van der Waals surface area contributed by atoms with Crippen molar-refractivity contribution in [2.45, 2.75) is 13.5 Å². The van der Waals surface area contributed by atoms with Gasteiger partial charge in [-0.25, -0.2) is 0 Å². The number of methoxy groups -OCH3 is 2. The number of rotatable bonds is 4. The van der Waals surface area contributed by atoms with Gasteiger partial charge >= 0.3 is 0 Å². The maximum Gasteiger partial charge on any atom is 0.283 e. The van der Waals surface area contributed by atoms with Gasteiger partial charge in [-0.2, -0.15) is 4.99 Å². The molecule has 0 bridgehead atoms. The van der Waals surface area contributed by atoms with E-state index in [-0.39, 0.29) is 6.54 Å². The fraction of sp³-hybridized carbons (Fsp3) is 0.200. The predicted molar refractivity (Wildman–Crippen MR) is 108 cm³/mol. The maximum absolute atomic E-state index is 12.9. The van der Waals surface area contributed by atoms with Crippen LogP contribution in [0.5, 0.6) is 11.5 Å². The van der Waals surface area contributed by atoms with Crippen molar-refractivity contribution in [3.8, 4) is 23.8 Å². The molecule has 0 aliphatic rings. The van der Waals surface area contributed by atoms with Crippen LogP contribution in [-0.2, 0) is 6.54 Å². The lowest BCUT2D eigenvalue weighted by molar-refractivity contribution is 0.0994. The summed E-state index contributed by atoms with van der Waals surface area (Å²) < 4.78 is 13.3. The first-order valence-corrected chi connectivity index (χ1v) is 9.23. The monoisotopic (exact) mass is 400 g/mol. The molecule has 0 N–H and O–H groups in total. The molecule has 0 spiro atoms. The molecule has 5 nitrogen and oxygen atoms in total. The average Bonchev–Trinajstić information content (AvgIpc) is 3.03. The van der Waals surface area contributed by atoms with E-state index < -0.39 is 5.91 Å². The Balaban J connectivity index is 2.24. The fourth-order valence-electron chi connectivity index (χ4n) is 2.84. The third kappa shape index (κ3) is 3.44. The molecule has 0 saturated heterocycles. The second-order valence-corrected chi connectivity index (χ2v) is 7.06. The summed E-state index contributed by atoms with van der Waals surface area (Å²) in [5.41, 5.74) is 2.20. The Morgan fingerprint density at radius 2 is 2.07 bits per heavy atom. The lowest BCUT2D eigenvalue weighted by atomic mass is 10.2. The Labute approximate surface area is 165 Å². The number of fused-ring (bicyclic) bond motifs is 1. The van der Waals surface area contributed by atoms with E-state index in [0.29, 0.717) is 26.9 Å². The van der Waals surface area contributed by atoms with Crippen molar-refractivity contribution in [3.63, 3.8) is 0 Å². The number of terminal acetylenes is 1. The molecule has 0 radical (unpaired) electrons. The zero-order valence-corrected chi connectivity index (χ0v) is 16.6.